The second kappa shape index (κ2) is 8.89. The third-order valence-electron chi connectivity index (χ3n) is 4.87. The summed E-state index contributed by atoms with van der Waals surface area (Å²) in [6.45, 7) is 7.87. The van der Waals surface area contributed by atoms with Crippen molar-refractivity contribution in [2.24, 2.45) is 0 Å². The Bertz CT molecular complexity index is 859. The molecule has 0 spiro atoms. The van der Waals surface area contributed by atoms with Gasteiger partial charge >= 0.3 is 0 Å². The number of anilines is 1. The van der Waals surface area contributed by atoms with Crippen molar-refractivity contribution in [3.05, 3.63) is 59.2 Å². The number of benzene rings is 2. The van der Waals surface area contributed by atoms with Crippen molar-refractivity contribution < 1.29 is 19.1 Å². The number of aryl methyl sites for hydroxylation is 2. The predicted molar refractivity (Wildman–Crippen MR) is 108 cm³/mol. The van der Waals surface area contributed by atoms with E-state index in [0.717, 1.165) is 5.56 Å². The van der Waals surface area contributed by atoms with E-state index in [-0.39, 0.29) is 11.8 Å². The molecule has 1 aliphatic rings. The Kier molecular flexibility index (Phi) is 6.31. The summed E-state index contributed by atoms with van der Waals surface area (Å²) in [5.74, 6) is 0.228. The molecule has 148 valence electrons. The molecule has 2 amide bonds. The van der Waals surface area contributed by atoms with Crippen LogP contribution in [0.2, 0.25) is 0 Å². The standard InChI is InChI=1S/C22H26N2O4/c1-15-8-9-18(14-16(15)2)28-17(3)21(25)23-20-7-5-4-6-19(20)22(26)24-10-12-27-13-11-24/h4-9,14,17H,10-13H2,1-3H3,(H,23,25)/t17-/m0/s1. The van der Waals surface area contributed by atoms with E-state index in [1.165, 1.54) is 5.56 Å². The topological polar surface area (TPSA) is 67.9 Å². The van der Waals surface area contributed by atoms with Gasteiger partial charge in [0.15, 0.2) is 6.10 Å². The summed E-state index contributed by atoms with van der Waals surface area (Å²) >= 11 is 0. The van der Waals surface area contributed by atoms with Crippen LogP contribution >= 0.6 is 0 Å². The molecule has 0 bridgehead atoms. The van der Waals surface area contributed by atoms with Crippen LogP contribution in [0.1, 0.15) is 28.4 Å². The molecule has 1 aliphatic heterocycles. The average Bonchev–Trinajstić information content (AvgIpc) is 2.71. The van der Waals surface area contributed by atoms with Gasteiger partial charge in [-0.15, -0.1) is 0 Å². The zero-order valence-electron chi connectivity index (χ0n) is 16.5. The zero-order chi connectivity index (χ0) is 20.1. The second-order valence-corrected chi connectivity index (χ2v) is 6.95. The number of hydrogen-bond donors (Lipinski definition) is 1. The molecule has 1 atom stereocenters. The van der Waals surface area contributed by atoms with Crippen LogP contribution < -0.4 is 10.1 Å². The number of ether oxygens (including phenoxy) is 2. The number of rotatable bonds is 5. The zero-order valence-corrected chi connectivity index (χ0v) is 16.5. The van der Waals surface area contributed by atoms with Crippen molar-refractivity contribution in [2.75, 3.05) is 31.6 Å². The van der Waals surface area contributed by atoms with E-state index in [2.05, 4.69) is 5.32 Å². The molecule has 1 fully saturated rings. The smallest absolute Gasteiger partial charge is 0.265 e. The summed E-state index contributed by atoms with van der Waals surface area (Å²) in [6, 6.07) is 12.8. The first kappa shape index (κ1) is 19.9. The van der Waals surface area contributed by atoms with Crippen molar-refractivity contribution in [1.29, 1.82) is 0 Å². The molecule has 3 rings (SSSR count). The number of para-hydroxylation sites is 1. The molecule has 6 heteroatoms. The monoisotopic (exact) mass is 382 g/mol. The molecule has 0 aliphatic carbocycles. The van der Waals surface area contributed by atoms with Gasteiger partial charge in [0.05, 0.1) is 24.5 Å². The Morgan fingerprint density at radius 3 is 2.50 bits per heavy atom. The molecule has 1 N–H and O–H groups in total. The Morgan fingerprint density at radius 1 is 1.07 bits per heavy atom. The first-order chi connectivity index (χ1) is 13.5. The van der Waals surface area contributed by atoms with Gasteiger partial charge in [-0.3, -0.25) is 9.59 Å². The van der Waals surface area contributed by atoms with Crippen molar-refractivity contribution in [3.63, 3.8) is 0 Å². The molecule has 1 saturated heterocycles. The highest BCUT2D eigenvalue weighted by atomic mass is 16.5. The molecule has 0 radical (unpaired) electrons. The van der Waals surface area contributed by atoms with Gasteiger partial charge in [0.1, 0.15) is 5.75 Å². The van der Waals surface area contributed by atoms with Gasteiger partial charge in [0.25, 0.3) is 11.8 Å². The van der Waals surface area contributed by atoms with Gasteiger partial charge < -0.3 is 19.7 Å². The van der Waals surface area contributed by atoms with E-state index in [9.17, 15) is 9.59 Å². The number of carbonyl (C=O) groups is 2. The van der Waals surface area contributed by atoms with Gasteiger partial charge in [-0.1, -0.05) is 18.2 Å². The Morgan fingerprint density at radius 2 is 1.79 bits per heavy atom. The molecule has 0 saturated carbocycles. The number of carbonyl (C=O) groups excluding carboxylic acids is 2. The van der Waals surface area contributed by atoms with Crippen LogP contribution in [-0.2, 0) is 9.53 Å². The lowest BCUT2D eigenvalue weighted by Gasteiger charge is -2.27. The minimum Gasteiger partial charge on any atom is -0.481 e. The fourth-order valence-corrected chi connectivity index (χ4v) is 2.99. The predicted octanol–water partition coefficient (Wildman–Crippen LogP) is 3.18. The minimum atomic E-state index is -0.700. The molecule has 0 unspecified atom stereocenters. The summed E-state index contributed by atoms with van der Waals surface area (Å²) in [7, 11) is 0. The molecule has 6 nitrogen and oxygen atoms in total. The molecule has 28 heavy (non-hydrogen) atoms. The molecular formula is C22H26N2O4. The van der Waals surface area contributed by atoms with Crippen LogP contribution in [0.4, 0.5) is 5.69 Å². The van der Waals surface area contributed by atoms with Gasteiger partial charge in [-0.2, -0.15) is 0 Å². The normalized spacial score (nSPS) is 15.0. The van der Waals surface area contributed by atoms with E-state index in [4.69, 9.17) is 9.47 Å². The van der Waals surface area contributed by atoms with Crippen LogP contribution in [0.5, 0.6) is 5.75 Å². The molecule has 1 heterocycles. The van der Waals surface area contributed by atoms with Crippen molar-refractivity contribution in [3.8, 4) is 5.75 Å². The summed E-state index contributed by atoms with van der Waals surface area (Å²) in [5, 5.41) is 2.83. The molecule has 2 aromatic rings. The summed E-state index contributed by atoms with van der Waals surface area (Å²) < 4.78 is 11.1. The number of hydrogen-bond acceptors (Lipinski definition) is 4. The van der Waals surface area contributed by atoms with Crippen LogP contribution in [0.25, 0.3) is 0 Å². The largest absolute Gasteiger partial charge is 0.481 e. The first-order valence-corrected chi connectivity index (χ1v) is 9.46. The van der Waals surface area contributed by atoms with Gasteiger partial charge in [0.2, 0.25) is 0 Å². The van der Waals surface area contributed by atoms with E-state index < -0.39 is 6.10 Å². The molecule has 0 aromatic heterocycles. The van der Waals surface area contributed by atoms with E-state index in [0.29, 0.717) is 43.3 Å². The Labute approximate surface area is 165 Å². The van der Waals surface area contributed by atoms with Gasteiger partial charge in [-0.25, -0.2) is 0 Å². The highest BCUT2D eigenvalue weighted by Gasteiger charge is 2.23. The fourth-order valence-electron chi connectivity index (χ4n) is 2.99. The van der Waals surface area contributed by atoms with Crippen molar-refractivity contribution >= 4 is 17.5 Å². The second-order valence-electron chi connectivity index (χ2n) is 6.95. The lowest BCUT2D eigenvalue weighted by Crippen LogP contribution is -2.41. The van der Waals surface area contributed by atoms with Crippen LogP contribution in [-0.4, -0.2) is 49.1 Å². The maximum Gasteiger partial charge on any atom is 0.265 e. The maximum atomic E-state index is 12.8. The average molecular weight is 382 g/mol. The fraction of sp³-hybridized carbons (Fsp3) is 0.364. The summed E-state index contributed by atoms with van der Waals surface area (Å²) in [4.78, 5) is 27.2. The third kappa shape index (κ3) is 4.70. The number of nitrogens with one attached hydrogen (secondary N) is 1. The van der Waals surface area contributed by atoms with Crippen molar-refractivity contribution in [1.82, 2.24) is 4.90 Å². The van der Waals surface area contributed by atoms with Crippen LogP contribution in [0.15, 0.2) is 42.5 Å². The SMILES string of the molecule is Cc1ccc(O[C@@H](C)C(=O)Nc2ccccc2C(=O)N2CCOCC2)cc1C. The van der Waals surface area contributed by atoms with Gasteiger partial charge in [0, 0.05) is 13.1 Å². The maximum absolute atomic E-state index is 12.8. The molecule has 2 aromatic carbocycles. The van der Waals surface area contributed by atoms with Crippen LogP contribution in [0.3, 0.4) is 0 Å². The number of morpholine rings is 1. The highest BCUT2D eigenvalue weighted by Crippen LogP contribution is 2.21. The number of amides is 2. The number of nitrogens with zero attached hydrogens (tertiary/aromatic N) is 1. The van der Waals surface area contributed by atoms with Crippen LogP contribution in [0, 0.1) is 13.8 Å². The summed E-state index contributed by atoms with van der Waals surface area (Å²) in [6.07, 6.45) is -0.700. The highest BCUT2D eigenvalue weighted by molar-refractivity contribution is 6.04. The van der Waals surface area contributed by atoms with E-state index in [1.807, 2.05) is 32.0 Å². The minimum absolute atomic E-state index is 0.109. The Hall–Kier alpha value is -2.86. The van der Waals surface area contributed by atoms with E-state index in [1.54, 1.807) is 36.1 Å². The quantitative estimate of drug-likeness (QED) is 0.862. The van der Waals surface area contributed by atoms with E-state index >= 15 is 0 Å². The van der Waals surface area contributed by atoms with Crippen molar-refractivity contribution in [2.45, 2.75) is 26.9 Å². The Balaban J connectivity index is 1.69. The lowest BCUT2D eigenvalue weighted by atomic mass is 10.1. The first-order valence-electron chi connectivity index (χ1n) is 9.46. The third-order valence-corrected chi connectivity index (χ3v) is 4.87. The van der Waals surface area contributed by atoms with Gasteiger partial charge in [-0.05, 0) is 56.2 Å². The lowest BCUT2D eigenvalue weighted by molar-refractivity contribution is -0.122. The summed E-state index contributed by atoms with van der Waals surface area (Å²) in [5.41, 5.74) is 3.22. The molecular weight excluding hydrogens is 356 g/mol.